The molecule has 6 heteroatoms. The van der Waals surface area contributed by atoms with Gasteiger partial charge < -0.3 is 27.4 Å². The van der Waals surface area contributed by atoms with Gasteiger partial charge in [0.2, 0.25) is 0 Å². The Morgan fingerprint density at radius 1 is 0.615 bits per heavy atom. The molecule has 0 saturated carbocycles. The maximum absolute atomic E-state index is 10.4. The molecule has 1 aromatic rings. The molecular weight excluding hydrogens is 486 g/mol. The highest BCUT2D eigenvalue weighted by Gasteiger charge is 2.29. The molecule has 0 aliphatic carbocycles. The number of benzene rings is 1. The molecule has 6 nitrogen and oxygen atoms in total. The molecule has 0 aromatic heterocycles. The number of hydrogen-bond acceptors (Lipinski definition) is 5. The summed E-state index contributed by atoms with van der Waals surface area (Å²) in [6.07, 6.45) is 20.2. The Morgan fingerprint density at radius 2 is 0.923 bits per heavy atom. The van der Waals surface area contributed by atoms with Gasteiger partial charge in [0.05, 0.1) is 0 Å². The zero-order valence-corrected chi connectivity index (χ0v) is 26.5. The second kappa shape index (κ2) is 18.7. The number of hydrogen-bond donors (Lipinski definition) is 5. The summed E-state index contributed by atoms with van der Waals surface area (Å²) in [6.45, 7) is 13.5. The van der Waals surface area contributed by atoms with E-state index in [-0.39, 0.29) is 5.75 Å². The number of aromatic hydroxyl groups is 1. The maximum Gasteiger partial charge on any atom is 0.303 e. The number of rotatable bonds is 19. The Morgan fingerprint density at radius 3 is 1.18 bits per heavy atom. The van der Waals surface area contributed by atoms with E-state index in [4.69, 9.17) is 22.3 Å². The van der Waals surface area contributed by atoms with E-state index < -0.39 is 22.6 Å². The van der Waals surface area contributed by atoms with E-state index in [0.29, 0.717) is 17.5 Å². The molecule has 1 aromatic carbocycles. The first-order valence-electron chi connectivity index (χ1n) is 15.5. The second-order valence-electron chi connectivity index (χ2n) is 13.2. The van der Waals surface area contributed by atoms with Crippen LogP contribution in [0.3, 0.4) is 0 Å². The van der Waals surface area contributed by atoms with Gasteiger partial charge in [0.15, 0.2) is 0 Å². The van der Waals surface area contributed by atoms with Gasteiger partial charge in [0, 0.05) is 34.2 Å². The van der Waals surface area contributed by atoms with E-state index >= 15 is 0 Å². The number of carbonyl (C=O) groups is 1. The molecule has 0 radical (unpaired) electrons. The Balaban J connectivity index is 0.000000741. The maximum atomic E-state index is 10.4. The fourth-order valence-corrected chi connectivity index (χ4v) is 4.64. The Labute approximate surface area is 240 Å². The van der Waals surface area contributed by atoms with Gasteiger partial charge in [-0.05, 0) is 65.7 Å². The zero-order chi connectivity index (χ0) is 30.1. The number of phenolic OH excluding ortho intramolecular Hbond substituents is 1. The summed E-state index contributed by atoms with van der Waals surface area (Å²) in [5.41, 5.74) is 18.8. The molecule has 0 atom stereocenters. The minimum atomic E-state index is -0.661. The van der Waals surface area contributed by atoms with Crippen LogP contribution in [-0.2, 0) is 21.4 Å². The first-order valence-corrected chi connectivity index (χ1v) is 15.5. The van der Waals surface area contributed by atoms with Crippen LogP contribution in [0.25, 0.3) is 0 Å². The summed E-state index contributed by atoms with van der Waals surface area (Å²) >= 11 is 0. The third kappa shape index (κ3) is 17.6. The number of phenols is 1. The van der Waals surface area contributed by atoms with Crippen LogP contribution < -0.4 is 17.2 Å². The smallest absolute Gasteiger partial charge is 0.303 e. The minimum Gasteiger partial charge on any atom is -0.507 e. The first-order chi connectivity index (χ1) is 18.0. The van der Waals surface area contributed by atoms with Crippen LogP contribution in [0.1, 0.15) is 168 Å². The quantitative estimate of drug-likeness (QED) is 0.110. The molecule has 0 saturated heterocycles. The molecule has 0 amide bonds. The first kappa shape index (κ1) is 37.4. The van der Waals surface area contributed by atoms with Crippen molar-refractivity contribution in [3.63, 3.8) is 0 Å². The number of carboxylic acid groups (broad SMARTS) is 1. The van der Waals surface area contributed by atoms with Crippen molar-refractivity contribution in [2.45, 2.75) is 168 Å². The molecule has 0 aliphatic rings. The Kier molecular flexibility index (Phi) is 17.9. The number of carboxylic acids is 1. The van der Waals surface area contributed by atoms with Crippen molar-refractivity contribution in [2.75, 3.05) is 0 Å². The van der Waals surface area contributed by atoms with Gasteiger partial charge in [-0.1, -0.05) is 96.8 Å². The van der Waals surface area contributed by atoms with Crippen molar-refractivity contribution in [3.05, 3.63) is 28.8 Å². The van der Waals surface area contributed by atoms with Crippen LogP contribution in [0.5, 0.6) is 5.75 Å². The summed E-state index contributed by atoms with van der Waals surface area (Å²) in [5.74, 6) is -0.493. The molecule has 0 aliphatic heterocycles. The minimum absolute atomic E-state index is 0.160. The van der Waals surface area contributed by atoms with Crippen molar-refractivity contribution in [3.8, 4) is 5.75 Å². The van der Waals surface area contributed by atoms with Crippen LogP contribution in [-0.4, -0.2) is 16.2 Å². The Hall–Kier alpha value is -1.63. The third-order valence-electron chi connectivity index (χ3n) is 7.24. The lowest BCUT2D eigenvalue weighted by Crippen LogP contribution is -2.35. The van der Waals surface area contributed by atoms with E-state index in [1.807, 2.05) is 53.7 Å². The van der Waals surface area contributed by atoms with Gasteiger partial charge in [0.1, 0.15) is 5.75 Å². The van der Waals surface area contributed by atoms with Crippen molar-refractivity contribution in [1.82, 2.24) is 0 Å². The largest absolute Gasteiger partial charge is 0.507 e. The molecule has 0 heterocycles. The number of aliphatic carboxylic acids is 1. The lowest BCUT2D eigenvalue weighted by Gasteiger charge is -2.30. The van der Waals surface area contributed by atoms with Gasteiger partial charge in [-0.3, -0.25) is 4.79 Å². The Bertz CT molecular complexity index is 767. The van der Waals surface area contributed by atoms with Crippen molar-refractivity contribution in [2.24, 2.45) is 17.2 Å². The fourth-order valence-electron chi connectivity index (χ4n) is 4.64. The molecular formula is C33H63N3O3. The average Bonchev–Trinajstić information content (AvgIpc) is 2.79. The second-order valence-corrected chi connectivity index (χ2v) is 13.2. The van der Waals surface area contributed by atoms with Crippen LogP contribution >= 0.6 is 0 Å². The van der Waals surface area contributed by atoms with Crippen LogP contribution in [0.15, 0.2) is 12.1 Å². The highest BCUT2D eigenvalue weighted by Crippen LogP contribution is 2.38. The van der Waals surface area contributed by atoms with Crippen LogP contribution in [0.2, 0.25) is 0 Å². The normalized spacial score (nSPS) is 12.3. The summed E-state index contributed by atoms with van der Waals surface area (Å²) in [5, 5.41) is 19.0. The lowest BCUT2D eigenvalue weighted by molar-refractivity contribution is -0.137. The molecule has 0 unspecified atom stereocenters. The van der Waals surface area contributed by atoms with E-state index in [1.165, 1.54) is 83.5 Å². The standard InChI is InChI=1S/C18H36O2.C15H27N3O/c1-2-3-4-5-6-7-8-9-10-11-12-13-14-15-16-17-18(19)20;1-13(2,16)9-7-10(14(3,4)17)12(19)11(8-9)15(5,6)18/h2-17H2,1H3,(H,19,20);7-8,19H,16-18H2,1-6H3. The SMILES string of the molecule is CC(C)(N)c1cc(C(C)(C)N)c(O)c(C(C)(C)N)c1.CCCCCCCCCCCCCCCCCC(=O)O. The molecule has 8 N–H and O–H groups in total. The molecule has 0 fully saturated rings. The summed E-state index contributed by atoms with van der Waals surface area (Å²) < 4.78 is 0. The summed E-state index contributed by atoms with van der Waals surface area (Å²) in [7, 11) is 0. The predicted molar refractivity (Wildman–Crippen MR) is 167 cm³/mol. The monoisotopic (exact) mass is 549 g/mol. The van der Waals surface area contributed by atoms with Crippen molar-refractivity contribution in [1.29, 1.82) is 0 Å². The van der Waals surface area contributed by atoms with E-state index in [0.717, 1.165) is 18.4 Å². The van der Waals surface area contributed by atoms with Gasteiger partial charge in [0.25, 0.3) is 0 Å². The molecule has 0 spiro atoms. The van der Waals surface area contributed by atoms with E-state index in [1.54, 1.807) is 0 Å². The molecule has 39 heavy (non-hydrogen) atoms. The number of unbranched alkanes of at least 4 members (excludes halogenated alkanes) is 14. The van der Waals surface area contributed by atoms with Gasteiger partial charge in [-0.25, -0.2) is 0 Å². The summed E-state index contributed by atoms with van der Waals surface area (Å²) in [6, 6.07) is 3.73. The van der Waals surface area contributed by atoms with E-state index in [2.05, 4.69) is 6.92 Å². The third-order valence-corrected chi connectivity index (χ3v) is 7.24. The predicted octanol–water partition coefficient (Wildman–Crippen LogP) is 8.31. The molecule has 1 rings (SSSR count). The number of nitrogens with two attached hydrogens (primary N) is 3. The van der Waals surface area contributed by atoms with Crippen LogP contribution in [0.4, 0.5) is 0 Å². The highest BCUT2D eigenvalue weighted by molar-refractivity contribution is 5.66. The average molecular weight is 550 g/mol. The zero-order valence-electron chi connectivity index (χ0n) is 26.5. The highest BCUT2D eigenvalue weighted by atomic mass is 16.4. The van der Waals surface area contributed by atoms with E-state index in [9.17, 15) is 9.90 Å². The lowest BCUT2D eigenvalue weighted by atomic mass is 9.81. The van der Waals surface area contributed by atoms with Gasteiger partial charge in [-0.15, -0.1) is 0 Å². The van der Waals surface area contributed by atoms with Gasteiger partial charge >= 0.3 is 5.97 Å². The fraction of sp³-hybridized carbons (Fsp3) is 0.788. The topological polar surface area (TPSA) is 136 Å². The van der Waals surface area contributed by atoms with Crippen molar-refractivity contribution >= 4 is 5.97 Å². The molecule has 228 valence electrons. The summed E-state index contributed by atoms with van der Waals surface area (Å²) in [4.78, 5) is 10.3. The van der Waals surface area contributed by atoms with Crippen molar-refractivity contribution < 1.29 is 15.0 Å². The van der Waals surface area contributed by atoms with Crippen LogP contribution in [0, 0.1) is 0 Å². The molecule has 0 bridgehead atoms. The van der Waals surface area contributed by atoms with Gasteiger partial charge in [-0.2, -0.15) is 0 Å².